The van der Waals surface area contributed by atoms with E-state index in [1.165, 1.54) is 60.7 Å². The zero-order valence-electron chi connectivity index (χ0n) is 31.7. The number of halogens is 4. The molecule has 0 aliphatic rings. The lowest BCUT2D eigenvalue weighted by atomic mass is 10.1. The Bertz CT molecular complexity index is 2340. The van der Waals surface area contributed by atoms with Gasteiger partial charge in [0.25, 0.3) is 23.6 Å². The largest absolute Gasteiger partial charge is 0.324 e. The molecule has 5 aromatic carbocycles. The maximum atomic E-state index is 13.1. The number of alkyl halides is 2. The average molecular weight is 889 g/mol. The minimum absolute atomic E-state index is 0.0434. The number of azo groups is 2. The first kappa shape index (κ1) is 44.8. The fourth-order valence-corrected chi connectivity index (χ4v) is 6.08. The lowest BCUT2D eigenvalue weighted by molar-refractivity contribution is -0.127. The van der Waals surface area contributed by atoms with Crippen molar-refractivity contribution in [3.8, 4) is 0 Å². The predicted molar refractivity (Wildman–Crippen MR) is 232 cm³/mol. The number of Topliss-reactive ketones (excluding diaryl/α,β-unsaturated/α-hetero) is 2. The summed E-state index contributed by atoms with van der Waals surface area (Å²) < 4.78 is 0. The Morgan fingerprint density at radius 1 is 0.517 bits per heavy atom. The monoisotopic (exact) mass is 886 g/mol. The molecular formula is C42H34Cl4N8O6. The number of nitrogens with one attached hydrogen (secondary N) is 4. The number of ketones is 2. The van der Waals surface area contributed by atoms with Crippen molar-refractivity contribution in [2.45, 2.75) is 37.7 Å². The Morgan fingerprint density at radius 2 is 0.883 bits per heavy atom. The van der Waals surface area contributed by atoms with Crippen molar-refractivity contribution in [2.24, 2.45) is 20.5 Å². The van der Waals surface area contributed by atoms with Gasteiger partial charge in [0.1, 0.15) is 11.4 Å². The number of rotatable bonds is 16. The molecule has 4 N–H and O–H groups in total. The number of carbonyl (C=O) groups excluding carboxylic acids is 6. The number of anilines is 4. The van der Waals surface area contributed by atoms with Crippen LogP contribution in [0, 0.1) is 0 Å². The van der Waals surface area contributed by atoms with Crippen LogP contribution in [0.1, 0.15) is 45.7 Å². The van der Waals surface area contributed by atoms with Crippen LogP contribution in [0.3, 0.4) is 0 Å². The van der Waals surface area contributed by atoms with Crippen LogP contribution >= 0.6 is 46.4 Å². The van der Waals surface area contributed by atoms with Gasteiger partial charge in [0.2, 0.25) is 12.1 Å². The zero-order chi connectivity index (χ0) is 43.3. The van der Waals surface area contributed by atoms with E-state index in [0.717, 1.165) is 25.0 Å². The number of hydrogen-bond donors (Lipinski definition) is 4. The van der Waals surface area contributed by atoms with E-state index in [2.05, 4.69) is 41.7 Å². The number of amides is 4. The molecule has 0 saturated heterocycles. The number of carbonyl (C=O) groups is 6. The van der Waals surface area contributed by atoms with Gasteiger partial charge in [-0.3, -0.25) is 28.8 Å². The second kappa shape index (κ2) is 21.1. The molecule has 0 radical (unpaired) electrons. The Morgan fingerprint density at radius 3 is 1.23 bits per heavy atom. The summed E-state index contributed by atoms with van der Waals surface area (Å²) in [6.45, 7) is 2.32. The lowest BCUT2D eigenvalue weighted by Gasteiger charge is -2.12. The summed E-state index contributed by atoms with van der Waals surface area (Å²) in [7, 11) is 0. The molecule has 14 nitrogen and oxygen atoms in total. The molecule has 0 bridgehead atoms. The summed E-state index contributed by atoms with van der Waals surface area (Å²) in [5, 5.41) is 26.8. The van der Waals surface area contributed by atoms with Crippen molar-refractivity contribution in [1.82, 2.24) is 0 Å². The van der Waals surface area contributed by atoms with Gasteiger partial charge in [0, 0.05) is 45.6 Å². The molecule has 60 heavy (non-hydrogen) atoms. The quantitative estimate of drug-likeness (QED) is 0.0431. The van der Waals surface area contributed by atoms with Crippen molar-refractivity contribution in [3.63, 3.8) is 0 Å². The summed E-state index contributed by atoms with van der Waals surface area (Å²) in [6.07, 6.45) is 0. The van der Waals surface area contributed by atoms with E-state index in [9.17, 15) is 28.8 Å². The van der Waals surface area contributed by atoms with Gasteiger partial charge < -0.3 is 21.3 Å². The standard InChI is InChI=1S/C42H34Cl4N8O6/c1-23(55)37(53-51-35-19-25(11-17-31(35)45)39(57)49-33-9-5-3-7-27(33)21-43)41(59)47-29-13-15-30(16-14-29)48-42(60)38(24(2)56)54-52-36-20-26(12-18-32(36)46)40(58)50-34-10-6-4-8-28(34)22-44/h3-20,37-38H,21-22H2,1-2H3,(H,47,59)(H,48,60)(H,49,57)(H,50,58). The van der Waals surface area contributed by atoms with Gasteiger partial charge in [-0.15, -0.1) is 23.2 Å². The molecule has 18 heteroatoms. The fourth-order valence-electron chi connectivity index (χ4n) is 5.30. The second-order valence-corrected chi connectivity index (χ2v) is 14.2. The molecular weight excluding hydrogens is 854 g/mol. The Hall–Kier alpha value is -6.32. The topological polar surface area (TPSA) is 200 Å². The van der Waals surface area contributed by atoms with Crippen LogP contribution in [0.2, 0.25) is 10.0 Å². The fraction of sp³-hybridized carbons (Fsp3) is 0.143. The molecule has 0 aliphatic heterocycles. The van der Waals surface area contributed by atoms with Gasteiger partial charge in [-0.1, -0.05) is 59.6 Å². The van der Waals surface area contributed by atoms with Crippen molar-refractivity contribution in [3.05, 3.63) is 141 Å². The third kappa shape index (κ3) is 11.9. The summed E-state index contributed by atoms with van der Waals surface area (Å²) in [4.78, 5) is 77.2. The lowest BCUT2D eigenvalue weighted by Crippen LogP contribution is -2.32. The van der Waals surface area contributed by atoms with E-state index in [1.807, 2.05) is 0 Å². The molecule has 0 spiro atoms. The van der Waals surface area contributed by atoms with Gasteiger partial charge in [-0.05, 0) is 97.8 Å². The molecule has 4 amide bonds. The van der Waals surface area contributed by atoms with E-state index in [4.69, 9.17) is 46.4 Å². The van der Waals surface area contributed by atoms with E-state index in [1.54, 1.807) is 48.5 Å². The van der Waals surface area contributed by atoms with Crippen LogP contribution in [0.25, 0.3) is 0 Å². The van der Waals surface area contributed by atoms with E-state index >= 15 is 0 Å². The molecule has 0 heterocycles. The first-order chi connectivity index (χ1) is 28.8. The number of nitrogens with zero attached hydrogens (tertiary/aromatic N) is 4. The molecule has 5 aromatic rings. The minimum atomic E-state index is -1.58. The van der Waals surface area contributed by atoms with Gasteiger partial charge >= 0.3 is 0 Å². The molecule has 0 saturated carbocycles. The van der Waals surface area contributed by atoms with Gasteiger partial charge in [0.05, 0.1) is 10.0 Å². The van der Waals surface area contributed by atoms with Gasteiger partial charge in [-0.25, -0.2) is 0 Å². The van der Waals surface area contributed by atoms with Crippen LogP contribution in [0.5, 0.6) is 0 Å². The maximum Gasteiger partial charge on any atom is 0.258 e. The average Bonchev–Trinajstić information content (AvgIpc) is 3.23. The number of benzene rings is 5. The Labute approximate surface area is 363 Å². The molecule has 0 aliphatic carbocycles. The van der Waals surface area contributed by atoms with E-state index in [0.29, 0.717) is 11.4 Å². The highest BCUT2D eigenvalue weighted by Gasteiger charge is 2.25. The van der Waals surface area contributed by atoms with Crippen molar-refractivity contribution < 1.29 is 28.8 Å². The first-order valence-electron chi connectivity index (χ1n) is 17.8. The molecule has 0 fully saturated rings. The SMILES string of the molecule is CC(=O)C(N=Nc1cc(C(=O)Nc2ccccc2CCl)ccc1Cl)C(=O)Nc1ccc(NC(=O)C(N=Nc2cc(C(=O)Nc3ccccc3CCl)ccc2Cl)C(C)=O)cc1. The second-order valence-electron chi connectivity index (χ2n) is 12.8. The molecule has 2 atom stereocenters. The number of hydrogen-bond acceptors (Lipinski definition) is 10. The summed E-state index contributed by atoms with van der Waals surface area (Å²) in [6, 6.07) is 25.2. The molecule has 306 valence electrons. The van der Waals surface area contributed by atoms with Crippen molar-refractivity contribution in [2.75, 3.05) is 21.3 Å². The predicted octanol–water partition coefficient (Wildman–Crippen LogP) is 10.3. The van der Waals surface area contributed by atoms with E-state index < -0.39 is 47.3 Å². The highest BCUT2D eigenvalue weighted by Crippen LogP contribution is 2.30. The molecule has 0 aromatic heterocycles. The zero-order valence-corrected chi connectivity index (χ0v) is 34.7. The third-order valence-electron chi connectivity index (χ3n) is 8.48. The smallest absolute Gasteiger partial charge is 0.258 e. The minimum Gasteiger partial charge on any atom is -0.324 e. The molecule has 5 rings (SSSR count). The first-order valence-corrected chi connectivity index (χ1v) is 19.6. The highest BCUT2D eigenvalue weighted by molar-refractivity contribution is 6.33. The highest BCUT2D eigenvalue weighted by atomic mass is 35.5. The van der Waals surface area contributed by atoms with Crippen molar-refractivity contribution >= 4 is 116 Å². The Balaban J connectivity index is 1.21. The van der Waals surface area contributed by atoms with Crippen LogP contribution in [0.15, 0.2) is 130 Å². The van der Waals surface area contributed by atoms with Crippen LogP contribution in [0.4, 0.5) is 34.1 Å². The Kier molecular flexibility index (Phi) is 15.7. The van der Waals surface area contributed by atoms with Crippen LogP contribution in [-0.4, -0.2) is 47.3 Å². The van der Waals surface area contributed by atoms with Crippen LogP contribution < -0.4 is 21.3 Å². The summed E-state index contributed by atoms with van der Waals surface area (Å²) >= 11 is 24.6. The van der Waals surface area contributed by atoms with Gasteiger partial charge in [-0.2, -0.15) is 20.5 Å². The summed E-state index contributed by atoms with van der Waals surface area (Å²) in [5.41, 5.74) is 3.43. The van der Waals surface area contributed by atoms with Crippen molar-refractivity contribution in [1.29, 1.82) is 0 Å². The summed E-state index contributed by atoms with van der Waals surface area (Å²) in [5.74, 6) is -3.46. The third-order valence-corrected chi connectivity index (χ3v) is 9.70. The molecule has 2 unspecified atom stereocenters. The number of para-hydroxylation sites is 2. The maximum absolute atomic E-state index is 13.1. The normalized spacial score (nSPS) is 12.1. The van der Waals surface area contributed by atoms with Gasteiger partial charge in [0.15, 0.2) is 11.6 Å². The van der Waals surface area contributed by atoms with Crippen LogP contribution in [-0.2, 0) is 30.9 Å². The van der Waals surface area contributed by atoms with E-state index in [-0.39, 0.29) is 55.7 Å².